The number of phenolic OH excluding ortho intramolecular Hbond substituents is 1. The van der Waals surface area contributed by atoms with Crippen LogP contribution in [0.1, 0.15) is 31.5 Å². The lowest BCUT2D eigenvalue weighted by Crippen LogP contribution is -2.38. The molecule has 0 saturated heterocycles. The average Bonchev–Trinajstić information content (AvgIpc) is 3.07. The number of aromatic hydroxyl groups is 1. The molecule has 2 heterocycles. The van der Waals surface area contributed by atoms with Crippen molar-refractivity contribution in [2.75, 3.05) is 0 Å². The predicted octanol–water partition coefficient (Wildman–Crippen LogP) is 2.93. The molecule has 7 heteroatoms. The third-order valence-corrected chi connectivity index (χ3v) is 4.56. The number of nitrogens with one attached hydrogen (secondary N) is 1. The number of nitrogens with zero attached hydrogens (tertiary/aromatic N) is 3. The summed E-state index contributed by atoms with van der Waals surface area (Å²) in [6, 6.07) is 7.75. The van der Waals surface area contributed by atoms with E-state index >= 15 is 0 Å². The second-order valence-electron chi connectivity index (χ2n) is 6.70. The van der Waals surface area contributed by atoms with Crippen molar-refractivity contribution >= 4 is 0 Å². The minimum atomic E-state index is -1.23. The first-order valence-corrected chi connectivity index (χ1v) is 8.04. The first kappa shape index (κ1) is 15.6. The van der Waals surface area contributed by atoms with Gasteiger partial charge < -0.3 is 5.11 Å². The van der Waals surface area contributed by atoms with Gasteiger partial charge in [0.05, 0.1) is 17.6 Å². The van der Waals surface area contributed by atoms with Crippen LogP contribution in [0.5, 0.6) is 5.75 Å². The maximum atomic E-state index is 14.0. The van der Waals surface area contributed by atoms with Gasteiger partial charge in [-0.3, -0.25) is 14.5 Å². The van der Waals surface area contributed by atoms with E-state index in [2.05, 4.69) is 15.2 Å². The largest absolute Gasteiger partial charge is 0.508 e. The summed E-state index contributed by atoms with van der Waals surface area (Å²) in [6.07, 6.45) is 3.91. The molecule has 2 N–H and O–H groups in total. The van der Waals surface area contributed by atoms with Crippen molar-refractivity contribution in [3.8, 4) is 22.7 Å². The first-order valence-electron chi connectivity index (χ1n) is 8.04. The van der Waals surface area contributed by atoms with Gasteiger partial charge in [-0.1, -0.05) is 0 Å². The molecule has 0 spiro atoms. The van der Waals surface area contributed by atoms with Crippen LogP contribution in [0.3, 0.4) is 0 Å². The van der Waals surface area contributed by atoms with Crippen LogP contribution in [0.2, 0.25) is 0 Å². The number of benzene rings is 1. The molecule has 0 radical (unpaired) electrons. The number of hydrogen-bond acceptors (Lipinski definition) is 4. The van der Waals surface area contributed by atoms with E-state index in [1.807, 2.05) is 0 Å². The fourth-order valence-corrected chi connectivity index (χ4v) is 3.32. The maximum absolute atomic E-state index is 14.0. The van der Waals surface area contributed by atoms with E-state index < -0.39 is 5.67 Å². The molecular formula is C18H17FN4O2. The highest BCUT2D eigenvalue weighted by atomic mass is 19.1. The van der Waals surface area contributed by atoms with Crippen LogP contribution in [0.25, 0.3) is 16.9 Å². The molecule has 25 heavy (non-hydrogen) atoms. The number of phenols is 1. The van der Waals surface area contributed by atoms with E-state index in [0.29, 0.717) is 35.6 Å². The predicted molar refractivity (Wildman–Crippen MR) is 90.6 cm³/mol. The summed E-state index contributed by atoms with van der Waals surface area (Å²) in [6.45, 7) is 1.56. The number of rotatable bonds is 3. The maximum Gasteiger partial charge on any atom is 0.258 e. The highest BCUT2D eigenvalue weighted by molar-refractivity contribution is 5.57. The second-order valence-corrected chi connectivity index (χ2v) is 6.70. The number of hydrogen-bond donors (Lipinski definition) is 2. The Balaban J connectivity index is 1.87. The summed E-state index contributed by atoms with van der Waals surface area (Å²) in [5, 5.41) is 16.1. The Morgan fingerprint density at radius 1 is 1.32 bits per heavy atom. The Kier molecular flexibility index (Phi) is 3.45. The Hall–Kier alpha value is -2.96. The van der Waals surface area contributed by atoms with Crippen LogP contribution in [0.15, 0.2) is 47.5 Å². The van der Waals surface area contributed by atoms with E-state index in [-0.39, 0.29) is 17.2 Å². The van der Waals surface area contributed by atoms with Crippen molar-refractivity contribution in [1.29, 1.82) is 0 Å². The van der Waals surface area contributed by atoms with Gasteiger partial charge in [0, 0.05) is 23.7 Å². The van der Waals surface area contributed by atoms with Gasteiger partial charge >= 0.3 is 0 Å². The van der Waals surface area contributed by atoms with Gasteiger partial charge in [-0.2, -0.15) is 5.10 Å². The van der Waals surface area contributed by atoms with Gasteiger partial charge in [0.1, 0.15) is 17.2 Å². The first-order chi connectivity index (χ1) is 11.9. The average molecular weight is 340 g/mol. The molecule has 0 amide bonds. The fraction of sp³-hybridized carbons (Fsp3) is 0.278. The van der Waals surface area contributed by atoms with Gasteiger partial charge in [0.25, 0.3) is 5.56 Å². The third-order valence-electron chi connectivity index (χ3n) is 4.56. The minimum absolute atomic E-state index is 0.112. The zero-order valence-corrected chi connectivity index (χ0v) is 13.6. The normalized spacial score (nSPS) is 22.6. The lowest BCUT2D eigenvalue weighted by molar-refractivity contribution is 0.0572. The Morgan fingerprint density at radius 3 is 2.64 bits per heavy atom. The Morgan fingerprint density at radius 2 is 2.04 bits per heavy atom. The molecule has 3 aromatic rings. The second kappa shape index (κ2) is 5.54. The smallest absolute Gasteiger partial charge is 0.258 e. The van der Waals surface area contributed by atoms with E-state index in [9.17, 15) is 14.3 Å². The van der Waals surface area contributed by atoms with Crippen molar-refractivity contribution in [3.63, 3.8) is 0 Å². The molecule has 128 valence electrons. The van der Waals surface area contributed by atoms with E-state index in [1.165, 1.54) is 22.8 Å². The van der Waals surface area contributed by atoms with Crippen LogP contribution >= 0.6 is 0 Å². The standard InChI is InChI=1S/C18H17FN4O2/c1-18(19)7-11(8-18)17-22-15(12-9-20-21-10-12)6-16(25)23(17)13-2-4-14(24)5-3-13/h2-6,9-11,24H,7-8H2,1H3,(H,20,21). The summed E-state index contributed by atoms with van der Waals surface area (Å²) in [7, 11) is 0. The molecule has 1 fully saturated rings. The van der Waals surface area contributed by atoms with Gasteiger partial charge in [0.2, 0.25) is 0 Å². The highest BCUT2D eigenvalue weighted by Crippen LogP contribution is 2.46. The molecule has 0 aliphatic heterocycles. The topological polar surface area (TPSA) is 83.8 Å². The van der Waals surface area contributed by atoms with Crippen molar-refractivity contribution in [2.45, 2.75) is 31.4 Å². The molecule has 1 aliphatic carbocycles. The number of aromatic amines is 1. The summed E-state index contributed by atoms with van der Waals surface area (Å²) < 4.78 is 15.5. The molecule has 0 atom stereocenters. The lowest BCUT2D eigenvalue weighted by atomic mass is 9.73. The zero-order chi connectivity index (χ0) is 17.6. The summed E-state index contributed by atoms with van der Waals surface area (Å²) in [4.78, 5) is 17.4. The van der Waals surface area contributed by atoms with E-state index in [1.54, 1.807) is 31.5 Å². The lowest BCUT2D eigenvalue weighted by Gasteiger charge is -2.39. The molecule has 0 bridgehead atoms. The van der Waals surface area contributed by atoms with Crippen LogP contribution in [0.4, 0.5) is 4.39 Å². The summed E-state index contributed by atoms with van der Waals surface area (Å²) in [5.41, 5.74) is 0.332. The van der Waals surface area contributed by atoms with Gasteiger partial charge in [-0.05, 0) is 44.0 Å². The van der Waals surface area contributed by atoms with Gasteiger partial charge in [-0.25, -0.2) is 9.37 Å². The SMILES string of the molecule is CC1(F)CC(c2nc(-c3cn[nH]c3)cc(=O)n2-c2ccc(O)cc2)C1. The highest BCUT2D eigenvalue weighted by Gasteiger charge is 2.43. The zero-order valence-electron chi connectivity index (χ0n) is 13.6. The summed E-state index contributed by atoms with van der Waals surface area (Å²) in [5.74, 6) is 0.508. The molecule has 1 aromatic carbocycles. The Labute approximate surface area is 143 Å². The molecule has 1 saturated carbocycles. The monoisotopic (exact) mass is 340 g/mol. The van der Waals surface area contributed by atoms with Crippen molar-refractivity contribution < 1.29 is 9.50 Å². The molecule has 6 nitrogen and oxygen atoms in total. The van der Waals surface area contributed by atoms with E-state index in [0.717, 1.165) is 0 Å². The number of H-pyrrole nitrogens is 1. The third kappa shape index (κ3) is 2.82. The van der Waals surface area contributed by atoms with Crippen LogP contribution in [-0.4, -0.2) is 30.5 Å². The van der Waals surface area contributed by atoms with Crippen molar-refractivity contribution in [3.05, 3.63) is 58.9 Å². The van der Waals surface area contributed by atoms with Gasteiger partial charge in [0.15, 0.2) is 0 Å². The van der Waals surface area contributed by atoms with Crippen molar-refractivity contribution in [1.82, 2.24) is 19.7 Å². The van der Waals surface area contributed by atoms with Crippen LogP contribution < -0.4 is 5.56 Å². The molecule has 1 aliphatic rings. The molecule has 2 aromatic heterocycles. The number of halogens is 1. The minimum Gasteiger partial charge on any atom is -0.508 e. The quantitative estimate of drug-likeness (QED) is 0.768. The van der Waals surface area contributed by atoms with Gasteiger partial charge in [-0.15, -0.1) is 0 Å². The fourth-order valence-electron chi connectivity index (χ4n) is 3.32. The van der Waals surface area contributed by atoms with Crippen molar-refractivity contribution in [2.24, 2.45) is 0 Å². The summed E-state index contributed by atoms with van der Waals surface area (Å²) >= 11 is 0. The molecule has 0 unspecified atom stereocenters. The number of aromatic nitrogens is 4. The molecule has 4 rings (SSSR count). The number of alkyl halides is 1. The molecular weight excluding hydrogens is 323 g/mol. The van der Waals surface area contributed by atoms with E-state index in [4.69, 9.17) is 0 Å². The van der Waals surface area contributed by atoms with Crippen LogP contribution in [-0.2, 0) is 0 Å². The van der Waals surface area contributed by atoms with Crippen LogP contribution in [0, 0.1) is 0 Å². The Bertz CT molecular complexity index is 954.